The van der Waals surface area contributed by atoms with E-state index in [2.05, 4.69) is 32.4 Å². The highest BCUT2D eigenvalue weighted by Crippen LogP contribution is 2.43. The highest BCUT2D eigenvalue weighted by atomic mass is 16.6. The maximum atomic E-state index is 14.1. The first-order chi connectivity index (χ1) is 22.3. The van der Waals surface area contributed by atoms with Gasteiger partial charge in [-0.05, 0) is 50.1 Å². The molecule has 0 unspecified atom stereocenters. The molecule has 5 heterocycles. The maximum absolute atomic E-state index is 14.1. The molecule has 0 radical (unpaired) electrons. The van der Waals surface area contributed by atoms with Gasteiger partial charge < -0.3 is 24.2 Å². The Morgan fingerprint density at radius 2 is 1.76 bits per heavy atom. The lowest BCUT2D eigenvalue weighted by Crippen LogP contribution is -2.54. The molecule has 4 aliphatic heterocycles. The quantitative estimate of drug-likeness (QED) is 0.438. The van der Waals surface area contributed by atoms with Crippen molar-refractivity contribution in [3.63, 3.8) is 0 Å². The van der Waals surface area contributed by atoms with Crippen LogP contribution in [0.25, 0.3) is 10.9 Å². The average molecular weight is 630 g/mol. The fourth-order valence-corrected chi connectivity index (χ4v) is 7.64. The number of likely N-dealkylation sites (tertiary alicyclic amines) is 2. The number of fused-ring (bicyclic) bond motifs is 3. The SMILES string of the molecule is Cc1cc(C[C@@H](OC(=O)N2CCC3(CC2)OC(=O)Nc2ccccc23)C(=O)N2CCC(N3CCN(C)CC3)CC2)cc2cn[nH]c12. The van der Waals surface area contributed by atoms with E-state index < -0.39 is 23.9 Å². The molecule has 1 spiro atoms. The summed E-state index contributed by atoms with van der Waals surface area (Å²) in [6.45, 7) is 8.25. The van der Waals surface area contributed by atoms with Crippen molar-refractivity contribution >= 4 is 34.7 Å². The van der Waals surface area contributed by atoms with Crippen molar-refractivity contribution in [3.05, 3.63) is 59.3 Å². The largest absolute Gasteiger partial charge is 0.438 e. The zero-order chi connectivity index (χ0) is 31.8. The van der Waals surface area contributed by atoms with Gasteiger partial charge in [-0.15, -0.1) is 0 Å². The van der Waals surface area contributed by atoms with Crippen LogP contribution in [0.3, 0.4) is 0 Å². The van der Waals surface area contributed by atoms with Crippen LogP contribution >= 0.6 is 0 Å². The first kappa shape index (κ1) is 30.5. The second-order valence-corrected chi connectivity index (χ2v) is 13.3. The fourth-order valence-electron chi connectivity index (χ4n) is 7.64. The number of likely N-dealkylation sites (N-methyl/N-ethyl adjacent to an activating group) is 1. The first-order valence-corrected chi connectivity index (χ1v) is 16.5. The molecule has 12 heteroatoms. The number of hydrogen-bond donors (Lipinski definition) is 2. The number of piperazine rings is 1. The summed E-state index contributed by atoms with van der Waals surface area (Å²) in [6.07, 6.45) is 2.81. The molecule has 0 bridgehead atoms. The van der Waals surface area contributed by atoms with Gasteiger partial charge >= 0.3 is 12.2 Å². The minimum absolute atomic E-state index is 0.148. The molecule has 7 rings (SSSR count). The Kier molecular flexibility index (Phi) is 8.33. The number of benzene rings is 2. The van der Waals surface area contributed by atoms with Crippen molar-refractivity contribution in [2.24, 2.45) is 0 Å². The van der Waals surface area contributed by atoms with Crippen LogP contribution in [0.2, 0.25) is 0 Å². The Labute approximate surface area is 269 Å². The number of aryl methyl sites for hydroxylation is 1. The molecule has 3 saturated heterocycles. The molecule has 1 atom stereocenters. The molecule has 3 amide bonds. The summed E-state index contributed by atoms with van der Waals surface area (Å²) in [7, 11) is 2.16. The van der Waals surface area contributed by atoms with Gasteiger partial charge in [0, 0.05) is 88.6 Å². The van der Waals surface area contributed by atoms with Gasteiger partial charge in [-0.1, -0.05) is 24.3 Å². The number of nitrogens with zero attached hydrogens (tertiary/aromatic N) is 5. The minimum Gasteiger partial charge on any atom is -0.438 e. The topological polar surface area (TPSA) is 123 Å². The number of ether oxygens (including phenoxy) is 2. The monoisotopic (exact) mass is 629 g/mol. The molecule has 3 aromatic rings. The lowest BCUT2D eigenvalue weighted by Gasteiger charge is -2.44. The molecule has 3 fully saturated rings. The highest BCUT2D eigenvalue weighted by Gasteiger charge is 2.46. The number of piperidine rings is 2. The second kappa shape index (κ2) is 12.6. The van der Waals surface area contributed by atoms with Gasteiger partial charge in [-0.3, -0.25) is 20.1 Å². The van der Waals surface area contributed by atoms with Gasteiger partial charge in [0.05, 0.1) is 17.4 Å². The summed E-state index contributed by atoms with van der Waals surface area (Å²) >= 11 is 0. The average Bonchev–Trinajstić information content (AvgIpc) is 3.54. The van der Waals surface area contributed by atoms with Crippen LogP contribution < -0.4 is 5.32 Å². The Morgan fingerprint density at radius 1 is 1.02 bits per heavy atom. The van der Waals surface area contributed by atoms with Gasteiger partial charge in [0.1, 0.15) is 5.60 Å². The number of rotatable bonds is 5. The Hall–Kier alpha value is -4.16. The molecule has 2 aromatic carbocycles. The van der Waals surface area contributed by atoms with Crippen LogP contribution in [0.4, 0.5) is 15.3 Å². The predicted octanol–water partition coefficient (Wildman–Crippen LogP) is 3.71. The second-order valence-electron chi connectivity index (χ2n) is 13.3. The summed E-state index contributed by atoms with van der Waals surface area (Å²) in [6, 6.07) is 12.1. The van der Waals surface area contributed by atoms with E-state index in [1.165, 1.54) is 0 Å². The smallest absolute Gasteiger partial charge is 0.412 e. The normalized spacial score (nSPS) is 21.5. The van der Waals surface area contributed by atoms with E-state index in [4.69, 9.17) is 9.47 Å². The number of para-hydroxylation sites is 1. The van der Waals surface area contributed by atoms with Gasteiger partial charge in [-0.2, -0.15) is 5.10 Å². The van der Waals surface area contributed by atoms with E-state index in [1.807, 2.05) is 48.2 Å². The van der Waals surface area contributed by atoms with Crippen molar-refractivity contribution in [1.29, 1.82) is 0 Å². The minimum atomic E-state index is -0.954. The number of aromatic nitrogens is 2. The number of hydrogen-bond acceptors (Lipinski definition) is 8. The first-order valence-electron chi connectivity index (χ1n) is 16.5. The Bertz CT molecular complexity index is 1600. The standard InChI is InChI=1S/C34H43N7O5/c1-23-19-24(20-25-22-35-37-30(23)25)21-29(31(42)40-11-7-26(8-12-40)39-17-15-38(2)16-18-39)45-33(44)41-13-9-34(10-14-41)27-5-3-4-6-28(27)36-32(43)46-34/h3-6,19-20,22,26,29H,7-18,21H2,1-2H3,(H,35,37)(H,36,43)/t29-/m1/s1. The fraction of sp³-hybridized carbons (Fsp3) is 0.529. The molecule has 1 aromatic heterocycles. The van der Waals surface area contributed by atoms with Crippen molar-refractivity contribution in [3.8, 4) is 0 Å². The summed E-state index contributed by atoms with van der Waals surface area (Å²) in [4.78, 5) is 48.6. The number of nitrogens with one attached hydrogen (secondary N) is 2. The van der Waals surface area contributed by atoms with E-state index in [9.17, 15) is 14.4 Å². The van der Waals surface area contributed by atoms with Crippen LogP contribution in [0.15, 0.2) is 42.6 Å². The van der Waals surface area contributed by atoms with Crippen LogP contribution in [0, 0.1) is 6.92 Å². The summed E-state index contributed by atoms with van der Waals surface area (Å²) < 4.78 is 11.9. The maximum Gasteiger partial charge on any atom is 0.412 e. The Morgan fingerprint density at radius 3 is 2.52 bits per heavy atom. The molecular weight excluding hydrogens is 586 g/mol. The van der Waals surface area contributed by atoms with Crippen LogP contribution in [0.1, 0.15) is 42.4 Å². The van der Waals surface area contributed by atoms with Gasteiger partial charge in [0.25, 0.3) is 5.91 Å². The number of anilines is 1. The molecular formula is C34H43N7O5. The number of amides is 3. The molecule has 244 valence electrons. The summed E-state index contributed by atoms with van der Waals surface area (Å²) in [5, 5.41) is 10.9. The van der Waals surface area contributed by atoms with Crippen LogP contribution in [0.5, 0.6) is 0 Å². The molecule has 2 N–H and O–H groups in total. The lowest BCUT2D eigenvalue weighted by atomic mass is 9.82. The third-order valence-electron chi connectivity index (χ3n) is 10.3. The highest BCUT2D eigenvalue weighted by molar-refractivity contribution is 5.89. The third-order valence-corrected chi connectivity index (χ3v) is 10.3. The lowest BCUT2D eigenvalue weighted by molar-refractivity contribution is -0.143. The number of carbonyl (C=O) groups is 3. The van der Waals surface area contributed by atoms with E-state index in [1.54, 1.807) is 11.1 Å². The van der Waals surface area contributed by atoms with Crippen molar-refractivity contribution in [1.82, 2.24) is 29.8 Å². The van der Waals surface area contributed by atoms with Crippen LogP contribution in [-0.4, -0.2) is 119 Å². The predicted molar refractivity (Wildman–Crippen MR) is 173 cm³/mol. The van der Waals surface area contributed by atoms with Gasteiger partial charge in [0.2, 0.25) is 0 Å². The molecule has 0 saturated carbocycles. The van der Waals surface area contributed by atoms with Gasteiger partial charge in [0.15, 0.2) is 6.10 Å². The van der Waals surface area contributed by atoms with Crippen LogP contribution in [-0.2, 0) is 26.3 Å². The van der Waals surface area contributed by atoms with Gasteiger partial charge in [-0.25, -0.2) is 9.59 Å². The summed E-state index contributed by atoms with van der Waals surface area (Å²) in [5.74, 6) is -0.148. The van der Waals surface area contributed by atoms with E-state index in [-0.39, 0.29) is 12.3 Å². The third kappa shape index (κ3) is 6.03. The zero-order valence-corrected chi connectivity index (χ0v) is 26.7. The number of aromatic amines is 1. The van der Waals surface area contributed by atoms with E-state index >= 15 is 0 Å². The molecule has 12 nitrogen and oxygen atoms in total. The van der Waals surface area contributed by atoms with Crippen molar-refractivity contribution < 1.29 is 23.9 Å². The van der Waals surface area contributed by atoms with Crippen molar-refractivity contribution in [2.45, 2.75) is 56.8 Å². The number of H-pyrrole nitrogens is 1. The summed E-state index contributed by atoms with van der Waals surface area (Å²) in [5.41, 5.74) is 3.75. The Balaban J connectivity index is 1.05. The number of carbonyl (C=O) groups excluding carboxylic acids is 3. The molecule has 0 aliphatic carbocycles. The van der Waals surface area contributed by atoms with E-state index in [0.29, 0.717) is 45.1 Å². The zero-order valence-electron chi connectivity index (χ0n) is 26.7. The molecule has 4 aliphatic rings. The van der Waals surface area contributed by atoms with E-state index in [0.717, 1.165) is 72.3 Å². The molecule has 46 heavy (non-hydrogen) atoms. The van der Waals surface area contributed by atoms with Crippen molar-refractivity contribution in [2.75, 3.05) is 64.7 Å².